The summed E-state index contributed by atoms with van der Waals surface area (Å²) < 4.78 is 10.2. The van der Waals surface area contributed by atoms with E-state index >= 15 is 0 Å². The fraction of sp³-hybridized carbons (Fsp3) is 0.471. The molecule has 8 heteroatoms. The maximum absolute atomic E-state index is 12.1. The maximum atomic E-state index is 12.1. The number of nitrogens with one attached hydrogen (secondary N) is 2. The van der Waals surface area contributed by atoms with E-state index in [-0.39, 0.29) is 18.2 Å². The van der Waals surface area contributed by atoms with Crippen LogP contribution in [0.2, 0.25) is 0 Å². The number of ether oxygens (including phenoxy) is 1. The molecule has 0 spiro atoms. The molecule has 8 nitrogen and oxygen atoms in total. The minimum absolute atomic E-state index is 0.0414. The third-order valence-electron chi connectivity index (χ3n) is 4.22. The Balaban J connectivity index is 1.44. The Morgan fingerprint density at radius 3 is 2.84 bits per heavy atom. The highest BCUT2D eigenvalue weighted by Gasteiger charge is 2.24. The van der Waals surface area contributed by atoms with Gasteiger partial charge in [-0.3, -0.25) is 0 Å². The van der Waals surface area contributed by atoms with Crippen LogP contribution >= 0.6 is 0 Å². The molecule has 1 fully saturated rings. The largest absolute Gasteiger partial charge is 0.450 e. The second kappa shape index (κ2) is 7.87. The first kappa shape index (κ1) is 17.1. The quantitative estimate of drug-likeness (QED) is 0.885. The van der Waals surface area contributed by atoms with Crippen molar-refractivity contribution < 1.29 is 18.8 Å². The van der Waals surface area contributed by atoms with E-state index in [0.29, 0.717) is 50.4 Å². The van der Waals surface area contributed by atoms with E-state index in [9.17, 15) is 9.59 Å². The molecule has 1 aliphatic heterocycles. The van der Waals surface area contributed by atoms with Gasteiger partial charge in [-0.1, -0.05) is 17.3 Å². The number of nitrogens with zero attached hydrogens (tertiary/aromatic N) is 2. The molecular formula is C17H22N4O4. The Kier molecular flexibility index (Phi) is 5.37. The number of aromatic nitrogens is 1. The molecule has 1 saturated heterocycles. The molecule has 0 saturated carbocycles. The zero-order valence-electron chi connectivity index (χ0n) is 14.2. The van der Waals surface area contributed by atoms with Crippen molar-refractivity contribution in [3.05, 3.63) is 30.0 Å². The van der Waals surface area contributed by atoms with Crippen LogP contribution in [0.3, 0.4) is 0 Å². The van der Waals surface area contributed by atoms with Crippen LogP contribution in [0.25, 0.3) is 11.0 Å². The molecule has 0 radical (unpaired) electrons. The second-order valence-electron chi connectivity index (χ2n) is 5.91. The number of fused-ring (bicyclic) bond motifs is 1. The van der Waals surface area contributed by atoms with E-state index in [1.54, 1.807) is 11.8 Å². The van der Waals surface area contributed by atoms with Crippen molar-refractivity contribution in [3.63, 3.8) is 0 Å². The average molecular weight is 346 g/mol. The SMILES string of the molecule is CCOC(=O)N1CCC(NC(=O)NCc2noc3ccccc23)CC1. The molecule has 2 N–H and O–H groups in total. The minimum atomic E-state index is -0.289. The fourth-order valence-electron chi connectivity index (χ4n) is 2.89. The Morgan fingerprint density at radius 1 is 1.32 bits per heavy atom. The van der Waals surface area contributed by atoms with Gasteiger partial charge < -0.3 is 24.8 Å². The van der Waals surface area contributed by atoms with Gasteiger partial charge >= 0.3 is 12.1 Å². The van der Waals surface area contributed by atoms with Crippen molar-refractivity contribution in [2.45, 2.75) is 32.4 Å². The predicted octanol–water partition coefficient (Wildman–Crippen LogP) is 2.25. The first-order chi connectivity index (χ1) is 12.2. The van der Waals surface area contributed by atoms with Crippen molar-refractivity contribution in [3.8, 4) is 0 Å². The lowest BCUT2D eigenvalue weighted by molar-refractivity contribution is 0.0957. The standard InChI is InChI=1S/C17H22N4O4/c1-2-24-17(23)21-9-7-12(8-10-21)19-16(22)18-11-14-13-5-3-4-6-15(13)25-20-14/h3-6,12H,2,7-11H2,1H3,(H2,18,19,22). The maximum Gasteiger partial charge on any atom is 0.409 e. The normalized spacial score (nSPS) is 15.2. The molecule has 1 aromatic carbocycles. The predicted molar refractivity (Wildman–Crippen MR) is 91.0 cm³/mol. The molecule has 3 rings (SSSR count). The third kappa shape index (κ3) is 4.20. The summed E-state index contributed by atoms with van der Waals surface area (Å²) in [4.78, 5) is 25.4. The summed E-state index contributed by atoms with van der Waals surface area (Å²) in [6, 6.07) is 7.32. The van der Waals surface area contributed by atoms with Crippen LogP contribution in [0.15, 0.2) is 28.8 Å². The van der Waals surface area contributed by atoms with Gasteiger partial charge in [0.25, 0.3) is 0 Å². The van der Waals surface area contributed by atoms with Gasteiger partial charge in [0.1, 0.15) is 5.69 Å². The van der Waals surface area contributed by atoms with Crippen LogP contribution in [0.5, 0.6) is 0 Å². The molecule has 25 heavy (non-hydrogen) atoms. The van der Waals surface area contributed by atoms with Crippen LogP contribution in [0.4, 0.5) is 9.59 Å². The molecule has 1 aliphatic rings. The number of benzene rings is 1. The van der Waals surface area contributed by atoms with E-state index in [4.69, 9.17) is 9.26 Å². The summed E-state index contributed by atoms with van der Waals surface area (Å²) in [7, 11) is 0. The van der Waals surface area contributed by atoms with Gasteiger partial charge in [0.2, 0.25) is 0 Å². The molecule has 0 unspecified atom stereocenters. The molecule has 2 heterocycles. The van der Waals surface area contributed by atoms with Gasteiger partial charge in [-0.05, 0) is 31.9 Å². The number of para-hydroxylation sites is 1. The Bertz CT molecular complexity index is 737. The smallest absolute Gasteiger partial charge is 0.409 e. The van der Waals surface area contributed by atoms with Crippen molar-refractivity contribution in [2.24, 2.45) is 0 Å². The van der Waals surface area contributed by atoms with Gasteiger partial charge in [-0.25, -0.2) is 9.59 Å². The third-order valence-corrected chi connectivity index (χ3v) is 4.22. The number of amides is 3. The second-order valence-corrected chi connectivity index (χ2v) is 5.91. The number of likely N-dealkylation sites (tertiary alicyclic amines) is 1. The monoisotopic (exact) mass is 346 g/mol. The number of piperidine rings is 1. The Morgan fingerprint density at radius 2 is 2.08 bits per heavy atom. The molecule has 3 amide bonds. The van der Waals surface area contributed by atoms with Crippen molar-refractivity contribution >= 4 is 23.1 Å². The summed E-state index contributed by atoms with van der Waals surface area (Å²) in [5.41, 5.74) is 1.40. The van der Waals surface area contributed by atoms with Gasteiger partial charge in [-0.2, -0.15) is 0 Å². The van der Waals surface area contributed by atoms with Crippen LogP contribution in [0, 0.1) is 0 Å². The number of hydrogen-bond acceptors (Lipinski definition) is 5. The molecule has 0 atom stereocenters. The van der Waals surface area contributed by atoms with E-state index in [0.717, 1.165) is 5.39 Å². The number of rotatable bonds is 4. The fourth-order valence-corrected chi connectivity index (χ4v) is 2.89. The first-order valence-electron chi connectivity index (χ1n) is 8.46. The summed E-state index contributed by atoms with van der Waals surface area (Å²) in [5, 5.41) is 10.6. The molecule has 0 aliphatic carbocycles. The van der Waals surface area contributed by atoms with Crippen LogP contribution in [0.1, 0.15) is 25.5 Å². The average Bonchev–Trinajstić information content (AvgIpc) is 3.04. The number of hydrogen-bond donors (Lipinski definition) is 2. The van der Waals surface area contributed by atoms with Crippen LogP contribution in [-0.2, 0) is 11.3 Å². The number of urea groups is 1. The molecule has 2 aromatic rings. The van der Waals surface area contributed by atoms with E-state index in [1.807, 2.05) is 24.3 Å². The zero-order chi connectivity index (χ0) is 17.6. The Hall–Kier alpha value is -2.77. The van der Waals surface area contributed by atoms with Gasteiger partial charge in [0.05, 0.1) is 13.2 Å². The Labute approximate surface area is 145 Å². The van der Waals surface area contributed by atoms with E-state index in [2.05, 4.69) is 15.8 Å². The zero-order valence-corrected chi connectivity index (χ0v) is 14.2. The molecule has 0 bridgehead atoms. The van der Waals surface area contributed by atoms with Crippen LogP contribution < -0.4 is 10.6 Å². The minimum Gasteiger partial charge on any atom is -0.450 e. The summed E-state index contributed by atoms with van der Waals surface area (Å²) in [6.45, 7) is 3.62. The molecule has 134 valence electrons. The van der Waals surface area contributed by atoms with E-state index < -0.39 is 0 Å². The van der Waals surface area contributed by atoms with Crippen molar-refractivity contribution in [1.29, 1.82) is 0 Å². The summed E-state index contributed by atoms with van der Waals surface area (Å²) in [6.07, 6.45) is 1.13. The van der Waals surface area contributed by atoms with Crippen molar-refractivity contribution in [1.82, 2.24) is 20.7 Å². The highest BCUT2D eigenvalue weighted by Crippen LogP contribution is 2.17. The lowest BCUT2D eigenvalue weighted by Gasteiger charge is -2.31. The van der Waals surface area contributed by atoms with Gasteiger partial charge in [0.15, 0.2) is 5.58 Å². The molecule has 1 aromatic heterocycles. The lowest BCUT2D eigenvalue weighted by Crippen LogP contribution is -2.49. The highest BCUT2D eigenvalue weighted by atomic mass is 16.6. The van der Waals surface area contributed by atoms with Gasteiger partial charge in [-0.15, -0.1) is 0 Å². The van der Waals surface area contributed by atoms with Crippen LogP contribution in [-0.4, -0.2) is 47.9 Å². The van der Waals surface area contributed by atoms with Gasteiger partial charge in [0, 0.05) is 24.5 Å². The highest BCUT2D eigenvalue weighted by molar-refractivity contribution is 5.80. The number of carbonyl (C=O) groups excluding carboxylic acids is 2. The first-order valence-corrected chi connectivity index (χ1v) is 8.46. The topological polar surface area (TPSA) is 96.7 Å². The number of carbonyl (C=O) groups is 2. The lowest BCUT2D eigenvalue weighted by atomic mass is 10.1. The summed E-state index contributed by atoms with van der Waals surface area (Å²) in [5.74, 6) is 0. The molecular weight excluding hydrogens is 324 g/mol. The van der Waals surface area contributed by atoms with Crippen molar-refractivity contribution in [2.75, 3.05) is 19.7 Å². The van der Waals surface area contributed by atoms with E-state index in [1.165, 1.54) is 0 Å². The summed E-state index contributed by atoms with van der Waals surface area (Å²) >= 11 is 0.